The smallest absolute Gasteiger partial charge is 0.125 e. The number of halogens is 1. The molecule has 0 aliphatic rings. The van der Waals surface area contributed by atoms with Gasteiger partial charge in [0.1, 0.15) is 5.82 Å². The maximum Gasteiger partial charge on any atom is 0.125 e. The minimum atomic E-state index is -0.250. The molecule has 0 bridgehead atoms. The quantitative estimate of drug-likeness (QED) is 0.825. The fourth-order valence-electron chi connectivity index (χ4n) is 1.51. The van der Waals surface area contributed by atoms with Crippen LogP contribution in [0.5, 0.6) is 0 Å². The maximum absolute atomic E-state index is 13.0. The number of aromatic nitrogens is 2. The first-order chi connectivity index (χ1) is 7.31. The van der Waals surface area contributed by atoms with E-state index in [1.807, 2.05) is 10.6 Å². The molecule has 0 amide bonds. The van der Waals surface area contributed by atoms with Gasteiger partial charge in [-0.15, -0.1) is 0 Å². The number of nitrogens with zero attached hydrogens (tertiary/aromatic N) is 2. The van der Waals surface area contributed by atoms with E-state index in [0.29, 0.717) is 6.54 Å². The molecule has 0 radical (unpaired) electrons. The normalized spacial score (nSPS) is 10.5. The van der Waals surface area contributed by atoms with Gasteiger partial charge in [-0.25, -0.2) is 9.37 Å². The Morgan fingerprint density at radius 1 is 1.40 bits per heavy atom. The zero-order chi connectivity index (χ0) is 10.7. The molecule has 15 heavy (non-hydrogen) atoms. The zero-order valence-corrected chi connectivity index (χ0v) is 8.23. The highest BCUT2D eigenvalue weighted by Gasteiger charge is 2.03. The second-order valence-electron chi connectivity index (χ2n) is 3.27. The van der Waals surface area contributed by atoms with E-state index in [1.54, 1.807) is 18.6 Å². The third-order valence-corrected chi connectivity index (χ3v) is 2.20. The van der Waals surface area contributed by atoms with E-state index in [-0.39, 0.29) is 5.82 Å². The summed E-state index contributed by atoms with van der Waals surface area (Å²) in [5.74, 6) is -0.250. The first-order valence-corrected chi connectivity index (χ1v) is 4.78. The third-order valence-electron chi connectivity index (χ3n) is 2.20. The highest BCUT2D eigenvalue weighted by atomic mass is 19.1. The maximum atomic E-state index is 13.0. The van der Waals surface area contributed by atoms with Crippen molar-refractivity contribution in [3.05, 3.63) is 48.3 Å². The van der Waals surface area contributed by atoms with Crippen molar-refractivity contribution in [2.75, 3.05) is 6.54 Å². The van der Waals surface area contributed by atoms with E-state index < -0.39 is 0 Å². The molecule has 2 rings (SSSR count). The molecule has 2 N–H and O–H groups in total. The van der Waals surface area contributed by atoms with Crippen molar-refractivity contribution >= 4 is 0 Å². The fraction of sp³-hybridized carbons (Fsp3) is 0.182. The van der Waals surface area contributed by atoms with E-state index >= 15 is 0 Å². The zero-order valence-electron chi connectivity index (χ0n) is 8.23. The minimum absolute atomic E-state index is 0.250. The molecule has 4 heteroatoms. The van der Waals surface area contributed by atoms with Crippen LogP contribution in [0.2, 0.25) is 0 Å². The molecular weight excluding hydrogens is 193 g/mol. The molecule has 0 unspecified atom stereocenters. The minimum Gasteiger partial charge on any atom is -0.330 e. The predicted octanol–water partition coefficient (Wildman–Crippen LogP) is 1.51. The molecule has 0 aliphatic heterocycles. The Balaban J connectivity index is 2.40. The Morgan fingerprint density at radius 2 is 2.27 bits per heavy atom. The molecule has 1 aromatic heterocycles. The van der Waals surface area contributed by atoms with Crippen LogP contribution >= 0.6 is 0 Å². The van der Waals surface area contributed by atoms with Gasteiger partial charge in [0.05, 0.1) is 6.33 Å². The summed E-state index contributed by atoms with van der Waals surface area (Å²) in [7, 11) is 0. The lowest BCUT2D eigenvalue weighted by molar-refractivity contribution is 0.626. The van der Waals surface area contributed by atoms with Gasteiger partial charge in [0.2, 0.25) is 0 Å². The van der Waals surface area contributed by atoms with E-state index in [4.69, 9.17) is 5.73 Å². The first-order valence-electron chi connectivity index (χ1n) is 4.78. The van der Waals surface area contributed by atoms with Gasteiger partial charge in [0, 0.05) is 24.0 Å². The van der Waals surface area contributed by atoms with Crippen LogP contribution in [-0.4, -0.2) is 16.1 Å². The largest absolute Gasteiger partial charge is 0.330 e. The van der Waals surface area contributed by atoms with Crippen molar-refractivity contribution < 1.29 is 4.39 Å². The van der Waals surface area contributed by atoms with E-state index in [1.165, 1.54) is 12.1 Å². The lowest BCUT2D eigenvalue weighted by atomic mass is 10.2. The lowest BCUT2D eigenvalue weighted by Gasteiger charge is -2.06. The van der Waals surface area contributed by atoms with Crippen molar-refractivity contribution in [1.29, 1.82) is 0 Å². The molecule has 0 saturated carbocycles. The molecule has 0 spiro atoms. The SMILES string of the molecule is NCCc1cncn1-c1cccc(F)c1. The number of rotatable bonds is 3. The molecule has 1 heterocycles. The van der Waals surface area contributed by atoms with Gasteiger partial charge < -0.3 is 10.3 Å². The number of nitrogens with two attached hydrogens (primary N) is 1. The van der Waals surface area contributed by atoms with E-state index in [0.717, 1.165) is 17.8 Å². The molecule has 78 valence electrons. The molecule has 3 nitrogen and oxygen atoms in total. The van der Waals surface area contributed by atoms with Gasteiger partial charge in [-0.3, -0.25) is 0 Å². The van der Waals surface area contributed by atoms with Crippen molar-refractivity contribution in [3.63, 3.8) is 0 Å². The summed E-state index contributed by atoms with van der Waals surface area (Å²) in [6, 6.07) is 6.41. The molecule has 0 aliphatic carbocycles. The molecule has 2 aromatic rings. The summed E-state index contributed by atoms with van der Waals surface area (Å²) in [6.07, 6.45) is 4.15. The Kier molecular flexibility index (Phi) is 2.78. The van der Waals surface area contributed by atoms with E-state index in [9.17, 15) is 4.39 Å². The molecule has 0 saturated heterocycles. The van der Waals surface area contributed by atoms with Crippen molar-refractivity contribution in [3.8, 4) is 5.69 Å². The summed E-state index contributed by atoms with van der Waals surface area (Å²) in [4.78, 5) is 4.03. The molecule has 0 fully saturated rings. The van der Waals surface area contributed by atoms with Crippen molar-refractivity contribution in [2.45, 2.75) is 6.42 Å². The van der Waals surface area contributed by atoms with E-state index in [2.05, 4.69) is 4.98 Å². The first kappa shape index (κ1) is 9.86. The van der Waals surface area contributed by atoms with Crippen molar-refractivity contribution in [1.82, 2.24) is 9.55 Å². The average molecular weight is 205 g/mol. The van der Waals surface area contributed by atoms with Crippen LogP contribution in [0, 0.1) is 5.82 Å². The Hall–Kier alpha value is -1.68. The highest BCUT2D eigenvalue weighted by molar-refractivity contribution is 5.34. The van der Waals surface area contributed by atoms with Gasteiger partial charge in [0.15, 0.2) is 0 Å². The predicted molar refractivity (Wildman–Crippen MR) is 56.3 cm³/mol. The van der Waals surface area contributed by atoms with Crippen LogP contribution < -0.4 is 5.73 Å². The van der Waals surface area contributed by atoms with Gasteiger partial charge in [0.25, 0.3) is 0 Å². The monoisotopic (exact) mass is 205 g/mol. The van der Waals surface area contributed by atoms with Gasteiger partial charge in [-0.05, 0) is 24.7 Å². The van der Waals surface area contributed by atoms with Gasteiger partial charge in [-0.2, -0.15) is 0 Å². The number of hydrogen-bond acceptors (Lipinski definition) is 2. The van der Waals surface area contributed by atoms with Crippen LogP contribution in [0.15, 0.2) is 36.8 Å². The Bertz CT molecular complexity index is 451. The van der Waals surface area contributed by atoms with Crippen molar-refractivity contribution in [2.24, 2.45) is 5.73 Å². The van der Waals surface area contributed by atoms with Crippen LogP contribution in [0.4, 0.5) is 4.39 Å². The summed E-state index contributed by atoms with van der Waals surface area (Å²) in [5.41, 5.74) is 7.24. The summed E-state index contributed by atoms with van der Waals surface area (Å²) >= 11 is 0. The topological polar surface area (TPSA) is 43.8 Å². The highest BCUT2D eigenvalue weighted by Crippen LogP contribution is 2.12. The van der Waals surface area contributed by atoms with Gasteiger partial charge in [-0.1, -0.05) is 6.07 Å². The molecular formula is C11H12FN3. The van der Waals surface area contributed by atoms with Crippen LogP contribution in [0.1, 0.15) is 5.69 Å². The number of hydrogen-bond donors (Lipinski definition) is 1. The fourth-order valence-corrected chi connectivity index (χ4v) is 1.51. The third kappa shape index (κ3) is 2.05. The average Bonchev–Trinajstić information content (AvgIpc) is 2.66. The summed E-state index contributed by atoms with van der Waals surface area (Å²) in [6.45, 7) is 0.557. The second-order valence-corrected chi connectivity index (χ2v) is 3.27. The number of imidazole rings is 1. The lowest BCUT2D eigenvalue weighted by Crippen LogP contribution is -2.07. The summed E-state index contributed by atoms with van der Waals surface area (Å²) < 4.78 is 14.9. The van der Waals surface area contributed by atoms with Crippen LogP contribution in [0.25, 0.3) is 5.69 Å². The second kappa shape index (κ2) is 4.23. The summed E-state index contributed by atoms with van der Waals surface area (Å²) in [5, 5.41) is 0. The Morgan fingerprint density at radius 3 is 3.00 bits per heavy atom. The van der Waals surface area contributed by atoms with Gasteiger partial charge >= 0.3 is 0 Å². The van der Waals surface area contributed by atoms with Crippen LogP contribution in [-0.2, 0) is 6.42 Å². The van der Waals surface area contributed by atoms with Crippen LogP contribution in [0.3, 0.4) is 0 Å². The number of benzene rings is 1. The standard InChI is InChI=1S/C11H12FN3/c12-9-2-1-3-10(6-9)15-8-14-7-11(15)4-5-13/h1-3,6-8H,4-5,13H2. The molecule has 1 aromatic carbocycles. The molecule has 0 atom stereocenters. The Labute approximate surface area is 87.4 Å².